The second kappa shape index (κ2) is 3.03. The largest absolute Gasteiger partial charge is 0.346 e. The van der Waals surface area contributed by atoms with E-state index in [4.69, 9.17) is 0 Å². The van der Waals surface area contributed by atoms with Gasteiger partial charge >= 0.3 is 0 Å². The van der Waals surface area contributed by atoms with Gasteiger partial charge in [-0.1, -0.05) is 13.8 Å². The van der Waals surface area contributed by atoms with Crippen molar-refractivity contribution in [1.29, 1.82) is 0 Å². The molecule has 1 saturated heterocycles. The SMILES string of the molecule is CCC1NC(=O)C(=O)C1CC. The maximum atomic E-state index is 11.1. The molecule has 62 valence electrons. The number of Topliss-reactive ketones (excluding diaryl/α,β-unsaturated/α-hetero) is 1. The fraction of sp³-hybridized carbons (Fsp3) is 0.750. The molecule has 0 saturated carbocycles. The Labute approximate surface area is 66.2 Å². The lowest BCUT2D eigenvalue weighted by molar-refractivity contribution is -0.136. The molecule has 0 aliphatic carbocycles. The second-order valence-corrected chi connectivity index (χ2v) is 2.87. The Hall–Kier alpha value is -0.860. The van der Waals surface area contributed by atoms with Crippen LogP contribution in [0.3, 0.4) is 0 Å². The number of rotatable bonds is 2. The minimum absolute atomic E-state index is 0.0764. The van der Waals surface area contributed by atoms with Crippen LogP contribution in [0.4, 0.5) is 0 Å². The van der Waals surface area contributed by atoms with Crippen molar-refractivity contribution < 1.29 is 9.59 Å². The van der Waals surface area contributed by atoms with Gasteiger partial charge in [-0.15, -0.1) is 0 Å². The maximum Gasteiger partial charge on any atom is 0.287 e. The normalized spacial score (nSPS) is 30.7. The summed E-state index contributed by atoms with van der Waals surface area (Å²) in [5.74, 6) is -0.712. The van der Waals surface area contributed by atoms with Gasteiger partial charge in [-0.3, -0.25) is 9.59 Å². The third-order valence-electron chi connectivity index (χ3n) is 2.24. The first-order chi connectivity index (χ1) is 5.20. The standard InChI is InChI=1S/C8H13NO2/c1-3-5-6(4-2)9-8(11)7(5)10/h5-6H,3-4H2,1-2H3,(H,9,11). The first kappa shape index (κ1) is 8.24. The van der Waals surface area contributed by atoms with Gasteiger partial charge in [-0.05, 0) is 12.8 Å². The Morgan fingerprint density at radius 2 is 1.91 bits per heavy atom. The van der Waals surface area contributed by atoms with Crippen LogP contribution in [0.1, 0.15) is 26.7 Å². The predicted octanol–water partition coefficient (Wildman–Crippen LogP) is 0.490. The zero-order chi connectivity index (χ0) is 8.43. The van der Waals surface area contributed by atoms with Gasteiger partial charge < -0.3 is 5.32 Å². The molecule has 0 bridgehead atoms. The van der Waals surface area contributed by atoms with Crippen molar-refractivity contribution in [3.05, 3.63) is 0 Å². The number of amides is 1. The molecule has 1 aliphatic heterocycles. The van der Waals surface area contributed by atoms with Crippen LogP contribution in [0.5, 0.6) is 0 Å². The van der Waals surface area contributed by atoms with Gasteiger partial charge in [0, 0.05) is 12.0 Å². The summed E-state index contributed by atoms with van der Waals surface area (Å²) in [6, 6.07) is 0.0833. The van der Waals surface area contributed by atoms with E-state index in [-0.39, 0.29) is 17.7 Å². The third kappa shape index (κ3) is 1.27. The molecule has 0 aromatic heterocycles. The van der Waals surface area contributed by atoms with Crippen molar-refractivity contribution in [2.24, 2.45) is 5.92 Å². The van der Waals surface area contributed by atoms with E-state index in [1.807, 2.05) is 13.8 Å². The van der Waals surface area contributed by atoms with E-state index in [2.05, 4.69) is 5.32 Å². The van der Waals surface area contributed by atoms with E-state index < -0.39 is 5.91 Å². The van der Waals surface area contributed by atoms with Crippen LogP contribution in [0.25, 0.3) is 0 Å². The average molecular weight is 155 g/mol. The van der Waals surface area contributed by atoms with Crippen molar-refractivity contribution >= 4 is 11.7 Å². The summed E-state index contributed by atoms with van der Waals surface area (Å²) < 4.78 is 0. The first-order valence-electron chi connectivity index (χ1n) is 4.05. The predicted molar refractivity (Wildman–Crippen MR) is 41.0 cm³/mol. The van der Waals surface area contributed by atoms with Crippen molar-refractivity contribution in [1.82, 2.24) is 5.32 Å². The van der Waals surface area contributed by atoms with E-state index in [0.717, 1.165) is 12.8 Å². The van der Waals surface area contributed by atoms with Crippen molar-refractivity contribution in [3.8, 4) is 0 Å². The topological polar surface area (TPSA) is 46.2 Å². The highest BCUT2D eigenvalue weighted by Gasteiger charge is 2.38. The van der Waals surface area contributed by atoms with Crippen molar-refractivity contribution in [2.75, 3.05) is 0 Å². The molecule has 0 radical (unpaired) electrons. The lowest BCUT2D eigenvalue weighted by Crippen LogP contribution is -2.27. The van der Waals surface area contributed by atoms with Crippen LogP contribution in [-0.2, 0) is 9.59 Å². The summed E-state index contributed by atoms with van der Waals surface area (Å²) in [7, 11) is 0. The molecule has 2 unspecified atom stereocenters. The van der Waals surface area contributed by atoms with Crippen molar-refractivity contribution in [3.63, 3.8) is 0 Å². The molecule has 0 spiro atoms. The number of ketones is 1. The molecule has 1 rings (SSSR count). The van der Waals surface area contributed by atoms with E-state index in [1.165, 1.54) is 0 Å². The summed E-state index contributed by atoms with van der Waals surface area (Å²) in [4.78, 5) is 21.9. The van der Waals surface area contributed by atoms with Gasteiger partial charge in [0.05, 0.1) is 0 Å². The van der Waals surface area contributed by atoms with Crippen LogP contribution in [0.2, 0.25) is 0 Å². The van der Waals surface area contributed by atoms with Crippen LogP contribution in [0.15, 0.2) is 0 Å². The van der Waals surface area contributed by atoms with E-state index >= 15 is 0 Å². The molecule has 0 aromatic carbocycles. The van der Waals surface area contributed by atoms with E-state index in [9.17, 15) is 9.59 Å². The fourth-order valence-electron chi connectivity index (χ4n) is 1.55. The molecule has 1 heterocycles. The molecular formula is C8H13NO2. The molecule has 2 atom stereocenters. The Morgan fingerprint density at radius 1 is 1.27 bits per heavy atom. The van der Waals surface area contributed by atoms with Gasteiger partial charge in [0.25, 0.3) is 5.91 Å². The molecule has 3 heteroatoms. The van der Waals surface area contributed by atoms with Gasteiger partial charge in [0.15, 0.2) is 0 Å². The van der Waals surface area contributed by atoms with Gasteiger partial charge in [-0.2, -0.15) is 0 Å². The quantitative estimate of drug-likeness (QED) is 0.590. The zero-order valence-corrected chi connectivity index (χ0v) is 6.89. The molecular weight excluding hydrogens is 142 g/mol. The lowest BCUT2D eigenvalue weighted by atomic mass is 9.95. The second-order valence-electron chi connectivity index (χ2n) is 2.87. The Morgan fingerprint density at radius 3 is 2.27 bits per heavy atom. The smallest absolute Gasteiger partial charge is 0.287 e. The Bertz CT molecular complexity index is 189. The summed E-state index contributed by atoms with van der Waals surface area (Å²) >= 11 is 0. The van der Waals surface area contributed by atoms with Crippen molar-refractivity contribution in [2.45, 2.75) is 32.7 Å². The Balaban J connectivity index is 2.72. The number of hydrogen-bond acceptors (Lipinski definition) is 2. The summed E-state index contributed by atoms with van der Waals surface area (Å²) in [6.07, 6.45) is 1.60. The van der Waals surface area contributed by atoms with Crippen LogP contribution in [0, 0.1) is 5.92 Å². The fourth-order valence-corrected chi connectivity index (χ4v) is 1.55. The van der Waals surface area contributed by atoms with Crippen LogP contribution < -0.4 is 5.32 Å². The zero-order valence-electron chi connectivity index (χ0n) is 6.89. The monoisotopic (exact) mass is 155 g/mol. The Kier molecular flexibility index (Phi) is 2.27. The average Bonchev–Trinajstić information content (AvgIpc) is 2.28. The van der Waals surface area contributed by atoms with Crippen LogP contribution >= 0.6 is 0 Å². The minimum Gasteiger partial charge on any atom is -0.346 e. The van der Waals surface area contributed by atoms with Gasteiger partial charge in [0.1, 0.15) is 0 Å². The number of hydrogen-bond donors (Lipinski definition) is 1. The van der Waals surface area contributed by atoms with Gasteiger partial charge in [-0.25, -0.2) is 0 Å². The van der Waals surface area contributed by atoms with E-state index in [0.29, 0.717) is 0 Å². The highest BCUT2D eigenvalue weighted by Crippen LogP contribution is 2.18. The highest BCUT2D eigenvalue weighted by molar-refractivity contribution is 6.39. The summed E-state index contributed by atoms with van der Waals surface area (Å²) in [5, 5.41) is 2.67. The molecule has 1 aliphatic rings. The van der Waals surface area contributed by atoms with E-state index in [1.54, 1.807) is 0 Å². The molecule has 0 aromatic rings. The molecule has 3 nitrogen and oxygen atoms in total. The molecule has 1 N–H and O–H groups in total. The lowest BCUT2D eigenvalue weighted by Gasteiger charge is -2.12. The summed E-state index contributed by atoms with van der Waals surface area (Å²) in [6.45, 7) is 3.91. The maximum absolute atomic E-state index is 11.1. The van der Waals surface area contributed by atoms with Crippen LogP contribution in [-0.4, -0.2) is 17.7 Å². The summed E-state index contributed by atoms with van der Waals surface area (Å²) in [5.41, 5.74) is 0. The number of nitrogens with one attached hydrogen (secondary N) is 1. The molecule has 11 heavy (non-hydrogen) atoms. The van der Waals surface area contributed by atoms with Gasteiger partial charge in [0.2, 0.25) is 5.78 Å². The number of carbonyl (C=O) groups is 2. The minimum atomic E-state index is -0.399. The molecule has 1 fully saturated rings. The first-order valence-corrected chi connectivity index (χ1v) is 4.05. The third-order valence-corrected chi connectivity index (χ3v) is 2.24. The highest BCUT2D eigenvalue weighted by atomic mass is 16.2. The molecule has 1 amide bonds. The number of carbonyl (C=O) groups excluding carboxylic acids is 2.